The van der Waals surface area contributed by atoms with Crippen LogP contribution in [-0.4, -0.2) is 40.9 Å². The van der Waals surface area contributed by atoms with E-state index in [-0.39, 0.29) is 29.4 Å². The molecule has 5 rings (SSSR count). The van der Waals surface area contributed by atoms with Crippen molar-refractivity contribution >= 4 is 23.4 Å². The van der Waals surface area contributed by atoms with Gasteiger partial charge in [-0.15, -0.1) is 0 Å². The predicted molar refractivity (Wildman–Crippen MR) is 134 cm³/mol. The van der Waals surface area contributed by atoms with Crippen molar-refractivity contribution in [2.75, 3.05) is 13.1 Å². The molecule has 2 aromatic carbocycles. The van der Waals surface area contributed by atoms with E-state index in [1.807, 2.05) is 29.2 Å². The van der Waals surface area contributed by atoms with E-state index in [0.29, 0.717) is 30.3 Å². The van der Waals surface area contributed by atoms with Gasteiger partial charge in [-0.05, 0) is 65.9 Å². The minimum Gasteiger partial charge on any atom is -0.370 e. The standard InChI is InChI=1S/C28H28ClN3O3/c1-19(33)31-25-23-4-2-3-5-24(23)28(26(25)35-18-20-10-14-30-15-11-20)12-16-32(17-13-28)27(34)21-6-8-22(29)9-7-21/h2-11,14-15,25-26H,12-13,16-18H2,1H3,(H,31,33)/t25-,26+/m0/s1. The molecule has 35 heavy (non-hydrogen) atoms. The average Bonchev–Trinajstić information content (AvgIpc) is 3.12. The molecule has 0 unspecified atom stereocenters. The van der Waals surface area contributed by atoms with Crippen LogP contribution < -0.4 is 5.32 Å². The first-order chi connectivity index (χ1) is 17.0. The van der Waals surface area contributed by atoms with Gasteiger partial charge in [-0.2, -0.15) is 0 Å². The molecule has 1 N–H and O–H groups in total. The molecular formula is C28H28ClN3O3. The Morgan fingerprint density at radius 1 is 1.06 bits per heavy atom. The fourth-order valence-corrected chi connectivity index (χ4v) is 5.71. The number of piperidine rings is 1. The number of hydrogen-bond donors (Lipinski definition) is 1. The van der Waals surface area contributed by atoms with Gasteiger partial charge in [0.1, 0.15) is 0 Å². The average molecular weight is 490 g/mol. The maximum absolute atomic E-state index is 13.2. The number of hydrogen-bond acceptors (Lipinski definition) is 4. The van der Waals surface area contributed by atoms with Gasteiger partial charge in [0.25, 0.3) is 5.91 Å². The zero-order valence-electron chi connectivity index (χ0n) is 19.6. The molecule has 0 saturated carbocycles. The maximum Gasteiger partial charge on any atom is 0.253 e. The first kappa shape index (κ1) is 23.5. The predicted octanol–water partition coefficient (Wildman–Crippen LogP) is 4.69. The number of halogens is 1. The third-order valence-electron chi connectivity index (χ3n) is 7.25. The van der Waals surface area contributed by atoms with Crippen LogP contribution in [0.25, 0.3) is 0 Å². The summed E-state index contributed by atoms with van der Waals surface area (Å²) in [6.07, 6.45) is 4.76. The number of pyridine rings is 1. The fraction of sp³-hybridized carbons (Fsp3) is 0.321. The van der Waals surface area contributed by atoms with Gasteiger partial charge in [-0.1, -0.05) is 35.9 Å². The molecule has 2 amide bonds. The Bertz CT molecular complexity index is 1210. The Hall–Kier alpha value is -3.22. The van der Waals surface area contributed by atoms with Crippen LogP contribution in [0, 0.1) is 0 Å². The number of ether oxygens (including phenoxy) is 1. The van der Waals surface area contributed by atoms with Crippen LogP contribution in [0.4, 0.5) is 0 Å². The third kappa shape index (κ3) is 4.56. The molecule has 1 fully saturated rings. The minimum atomic E-state index is -0.298. The summed E-state index contributed by atoms with van der Waals surface area (Å²) in [5.74, 6) is -0.0785. The number of nitrogens with zero attached hydrogens (tertiary/aromatic N) is 2. The zero-order chi connectivity index (χ0) is 24.4. The van der Waals surface area contributed by atoms with E-state index in [0.717, 1.165) is 24.0 Å². The Kier molecular flexibility index (Phi) is 6.58. The van der Waals surface area contributed by atoms with Crippen LogP contribution in [0.3, 0.4) is 0 Å². The van der Waals surface area contributed by atoms with Crippen molar-refractivity contribution in [3.8, 4) is 0 Å². The van der Waals surface area contributed by atoms with Crippen LogP contribution in [-0.2, 0) is 21.6 Å². The molecule has 1 spiro atoms. The van der Waals surface area contributed by atoms with Gasteiger partial charge in [0.05, 0.1) is 18.8 Å². The van der Waals surface area contributed by atoms with Gasteiger partial charge in [-0.3, -0.25) is 14.6 Å². The Morgan fingerprint density at radius 3 is 2.43 bits per heavy atom. The second kappa shape index (κ2) is 9.80. The van der Waals surface area contributed by atoms with Crippen LogP contribution in [0.15, 0.2) is 73.1 Å². The largest absolute Gasteiger partial charge is 0.370 e. The summed E-state index contributed by atoms with van der Waals surface area (Å²) in [6.45, 7) is 3.18. The number of nitrogens with one attached hydrogen (secondary N) is 1. The van der Waals surface area contributed by atoms with Gasteiger partial charge >= 0.3 is 0 Å². The summed E-state index contributed by atoms with van der Waals surface area (Å²) in [4.78, 5) is 31.3. The summed E-state index contributed by atoms with van der Waals surface area (Å²) in [5.41, 5.74) is 3.67. The zero-order valence-corrected chi connectivity index (χ0v) is 20.4. The highest BCUT2D eigenvalue weighted by Crippen LogP contribution is 2.52. The summed E-state index contributed by atoms with van der Waals surface area (Å²) in [6, 6.07) is 18.9. The Balaban J connectivity index is 1.43. The second-order valence-electron chi connectivity index (χ2n) is 9.31. The molecule has 6 nitrogen and oxygen atoms in total. The molecule has 1 aliphatic heterocycles. The number of rotatable bonds is 5. The monoisotopic (exact) mass is 489 g/mol. The Labute approximate surface area is 210 Å². The smallest absolute Gasteiger partial charge is 0.253 e. The SMILES string of the molecule is CC(=O)N[C@H]1c2ccccc2C2(CCN(C(=O)c3ccc(Cl)cc3)CC2)[C@@H]1OCc1ccncc1. The quantitative estimate of drug-likeness (QED) is 0.564. The van der Waals surface area contributed by atoms with Crippen molar-refractivity contribution in [3.05, 3.63) is 100 Å². The van der Waals surface area contributed by atoms with Crippen molar-refractivity contribution in [3.63, 3.8) is 0 Å². The first-order valence-electron chi connectivity index (χ1n) is 11.9. The first-order valence-corrected chi connectivity index (χ1v) is 12.3. The van der Waals surface area contributed by atoms with E-state index in [2.05, 4.69) is 22.4 Å². The number of fused-ring (bicyclic) bond motifs is 2. The lowest BCUT2D eigenvalue weighted by molar-refractivity contribution is -0.122. The molecule has 2 aliphatic rings. The molecule has 1 saturated heterocycles. The van der Waals surface area contributed by atoms with Crippen LogP contribution in [0.5, 0.6) is 0 Å². The van der Waals surface area contributed by atoms with Gasteiger partial charge < -0.3 is 15.0 Å². The number of benzene rings is 2. The molecule has 2 atom stereocenters. The van der Waals surface area contributed by atoms with E-state index < -0.39 is 0 Å². The second-order valence-corrected chi connectivity index (χ2v) is 9.74. The molecule has 7 heteroatoms. The lowest BCUT2D eigenvalue weighted by atomic mass is 9.71. The van der Waals surface area contributed by atoms with Gasteiger partial charge in [0.2, 0.25) is 5.91 Å². The molecule has 0 bridgehead atoms. The normalized spacial score (nSPS) is 20.5. The molecule has 1 aromatic heterocycles. The summed E-state index contributed by atoms with van der Waals surface area (Å²) < 4.78 is 6.61. The topological polar surface area (TPSA) is 71.5 Å². The molecule has 0 radical (unpaired) electrons. The number of aromatic nitrogens is 1. The van der Waals surface area contributed by atoms with E-state index in [9.17, 15) is 9.59 Å². The molecular weight excluding hydrogens is 462 g/mol. The van der Waals surface area contributed by atoms with Gasteiger partial charge in [0.15, 0.2) is 0 Å². The van der Waals surface area contributed by atoms with Crippen LogP contribution >= 0.6 is 11.6 Å². The molecule has 3 aromatic rings. The van der Waals surface area contributed by atoms with Crippen molar-refractivity contribution < 1.29 is 14.3 Å². The number of likely N-dealkylation sites (tertiary alicyclic amines) is 1. The van der Waals surface area contributed by atoms with E-state index in [1.54, 1.807) is 43.6 Å². The lowest BCUT2D eigenvalue weighted by Gasteiger charge is -2.44. The van der Waals surface area contributed by atoms with E-state index >= 15 is 0 Å². The highest BCUT2D eigenvalue weighted by atomic mass is 35.5. The highest BCUT2D eigenvalue weighted by molar-refractivity contribution is 6.30. The number of carbonyl (C=O) groups is 2. The summed E-state index contributed by atoms with van der Waals surface area (Å²) in [5, 5.41) is 3.76. The maximum atomic E-state index is 13.2. The summed E-state index contributed by atoms with van der Waals surface area (Å²) in [7, 11) is 0. The lowest BCUT2D eigenvalue weighted by Crippen LogP contribution is -2.51. The highest BCUT2D eigenvalue weighted by Gasteiger charge is 2.54. The van der Waals surface area contributed by atoms with Crippen LogP contribution in [0.1, 0.15) is 52.9 Å². The van der Waals surface area contributed by atoms with E-state index in [1.165, 1.54) is 5.56 Å². The van der Waals surface area contributed by atoms with Crippen molar-refractivity contribution in [2.45, 2.75) is 43.9 Å². The van der Waals surface area contributed by atoms with Crippen LogP contribution in [0.2, 0.25) is 5.02 Å². The molecule has 1 aliphatic carbocycles. The third-order valence-corrected chi connectivity index (χ3v) is 7.50. The van der Waals surface area contributed by atoms with E-state index in [4.69, 9.17) is 16.3 Å². The summed E-state index contributed by atoms with van der Waals surface area (Å²) >= 11 is 6.00. The van der Waals surface area contributed by atoms with Crippen molar-refractivity contribution in [2.24, 2.45) is 0 Å². The Morgan fingerprint density at radius 2 is 1.74 bits per heavy atom. The molecule has 180 valence electrons. The number of carbonyl (C=O) groups excluding carboxylic acids is 2. The number of amides is 2. The molecule has 2 heterocycles. The van der Waals surface area contributed by atoms with Gasteiger partial charge in [0, 0.05) is 48.4 Å². The minimum absolute atomic E-state index is 0.00969. The fourth-order valence-electron chi connectivity index (χ4n) is 5.59. The van der Waals surface area contributed by atoms with Crippen molar-refractivity contribution in [1.82, 2.24) is 15.2 Å². The van der Waals surface area contributed by atoms with Gasteiger partial charge in [-0.25, -0.2) is 0 Å². The van der Waals surface area contributed by atoms with Crippen molar-refractivity contribution in [1.29, 1.82) is 0 Å².